The highest BCUT2D eigenvalue weighted by molar-refractivity contribution is 7.87. The molecule has 20 heavy (non-hydrogen) atoms. The third-order valence-corrected chi connectivity index (χ3v) is 4.85. The Morgan fingerprint density at radius 2 is 2.05 bits per heavy atom. The van der Waals surface area contributed by atoms with Gasteiger partial charge in [0.15, 0.2) is 0 Å². The van der Waals surface area contributed by atoms with Crippen molar-refractivity contribution >= 4 is 22.2 Å². The van der Waals surface area contributed by atoms with Crippen LogP contribution in [0.4, 0.5) is 13.6 Å². The topological polar surface area (TPSA) is 96.0 Å². The zero-order valence-corrected chi connectivity index (χ0v) is 10.7. The molecular weight excluding hydrogens is 302 g/mol. The molecule has 3 fully saturated rings. The molecule has 0 amide bonds. The highest BCUT2D eigenvalue weighted by Gasteiger charge is 2.63. The number of hydrogen-bond acceptors (Lipinski definition) is 7. The molecule has 2 saturated carbocycles. The molecule has 1 heterocycles. The van der Waals surface area contributed by atoms with E-state index in [0.717, 1.165) is 0 Å². The van der Waals surface area contributed by atoms with Gasteiger partial charge >= 0.3 is 28.0 Å². The van der Waals surface area contributed by atoms with Crippen LogP contribution in [0.25, 0.3) is 0 Å². The number of halogens is 2. The van der Waals surface area contributed by atoms with Crippen molar-refractivity contribution in [3.8, 4) is 0 Å². The Morgan fingerprint density at radius 1 is 1.35 bits per heavy atom. The molecule has 7 nitrogen and oxygen atoms in total. The summed E-state index contributed by atoms with van der Waals surface area (Å²) in [6.45, 7) is 0. The van der Waals surface area contributed by atoms with Gasteiger partial charge in [-0.05, 0) is 12.8 Å². The third-order valence-electron chi connectivity index (χ3n) is 4.05. The molecule has 2 bridgehead atoms. The smallest absolute Gasteiger partial charge is 0.458 e. The highest BCUT2D eigenvalue weighted by Crippen LogP contribution is 2.55. The molecule has 3 rings (SSSR count). The lowest BCUT2D eigenvalue weighted by molar-refractivity contribution is -0.146. The molecule has 1 saturated heterocycles. The zero-order valence-electron chi connectivity index (χ0n) is 9.90. The first-order chi connectivity index (χ1) is 9.29. The van der Waals surface area contributed by atoms with Crippen molar-refractivity contribution in [2.75, 3.05) is 0 Å². The van der Waals surface area contributed by atoms with Gasteiger partial charge in [0.1, 0.15) is 12.2 Å². The number of rotatable bonds is 3. The molecule has 112 valence electrons. The number of hydrogen-bond donors (Lipinski definition) is 0. The van der Waals surface area contributed by atoms with Crippen LogP contribution in [0.1, 0.15) is 12.8 Å². The third kappa shape index (κ3) is 1.93. The second-order valence-corrected chi connectivity index (χ2v) is 6.58. The summed E-state index contributed by atoms with van der Waals surface area (Å²) in [4.78, 5) is 22.7. The van der Waals surface area contributed by atoms with E-state index in [0.29, 0.717) is 12.8 Å². The first kappa shape index (κ1) is 13.5. The van der Waals surface area contributed by atoms with Crippen molar-refractivity contribution in [3.63, 3.8) is 0 Å². The lowest BCUT2D eigenvalue weighted by atomic mass is 9.88. The largest absolute Gasteiger partial charge is 0.524 e. The lowest BCUT2D eigenvalue weighted by Gasteiger charge is -2.24. The van der Waals surface area contributed by atoms with E-state index < -0.39 is 34.2 Å². The predicted octanol–water partition coefficient (Wildman–Crippen LogP) is 0.642. The maximum absolute atomic E-state index is 12.0. The van der Waals surface area contributed by atoms with E-state index in [1.54, 1.807) is 0 Å². The van der Waals surface area contributed by atoms with Gasteiger partial charge < -0.3 is 13.7 Å². The molecule has 3 aliphatic rings. The van der Waals surface area contributed by atoms with Crippen LogP contribution in [0.3, 0.4) is 0 Å². The summed E-state index contributed by atoms with van der Waals surface area (Å²) in [7, 11) is -5.29. The van der Waals surface area contributed by atoms with Gasteiger partial charge in [0.2, 0.25) is 0 Å². The molecule has 5 atom stereocenters. The Hall–Kier alpha value is -1.45. The van der Waals surface area contributed by atoms with Crippen LogP contribution in [0, 0.1) is 17.8 Å². The van der Waals surface area contributed by atoms with E-state index in [9.17, 15) is 26.8 Å². The molecule has 1 aliphatic heterocycles. The molecule has 0 aromatic heterocycles. The standard InChI is InChI=1S/C10H10F2O7S/c11-9(12)20(15,16)19-10(14)18-6-3-1-4-5(2-3)8(13)17-7(4)6/h3-7,9H,1-2H2. The number of alkyl halides is 2. The molecule has 0 radical (unpaired) electrons. The fourth-order valence-electron chi connectivity index (χ4n) is 3.33. The van der Waals surface area contributed by atoms with Crippen LogP contribution < -0.4 is 0 Å². The maximum atomic E-state index is 12.0. The quantitative estimate of drug-likeness (QED) is 0.557. The number of carbonyl (C=O) groups excluding carboxylic acids is 2. The number of carbonyl (C=O) groups is 2. The van der Waals surface area contributed by atoms with Gasteiger partial charge in [-0.25, -0.2) is 4.79 Å². The minimum absolute atomic E-state index is 0.0583. The van der Waals surface area contributed by atoms with E-state index in [2.05, 4.69) is 4.18 Å². The molecule has 0 aromatic rings. The van der Waals surface area contributed by atoms with Gasteiger partial charge in [0.05, 0.1) is 5.92 Å². The van der Waals surface area contributed by atoms with E-state index in [4.69, 9.17) is 9.47 Å². The van der Waals surface area contributed by atoms with Gasteiger partial charge in [-0.3, -0.25) is 4.79 Å². The van der Waals surface area contributed by atoms with Gasteiger partial charge in [-0.15, -0.1) is 0 Å². The molecule has 2 aliphatic carbocycles. The van der Waals surface area contributed by atoms with E-state index in [1.807, 2.05) is 0 Å². The van der Waals surface area contributed by atoms with Crippen LogP contribution in [0.15, 0.2) is 0 Å². The average Bonchev–Trinajstić information content (AvgIpc) is 2.92. The Labute approximate surface area is 112 Å². The normalized spacial score (nSPS) is 38.1. The van der Waals surface area contributed by atoms with Crippen LogP contribution >= 0.6 is 0 Å². The minimum Gasteiger partial charge on any atom is -0.458 e. The summed E-state index contributed by atoms with van der Waals surface area (Å²) in [5.74, 6) is -4.59. The fraction of sp³-hybridized carbons (Fsp3) is 0.800. The SMILES string of the molecule is O=C(OC1C2CC3C(=O)OC1C3C2)OS(=O)(=O)C(F)F. The van der Waals surface area contributed by atoms with Crippen molar-refractivity contribution in [3.05, 3.63) is 0 Å². The van der Waals surface area contributed by atoms with Gasteiger partial charge in [-0.1, -0.05) is 0 Å². The molecule has 10 heteroatoms. The molecule has 5 unspecified atom stereocenters. The highest BCUT2D eigenvalue weighted by atomic mass is 32.2. The Balaban J connectivity index is 1.65. The first-order valence-electron chi connectivity index (χ1n) is 5.92. The summed E-state index contributed by atoms with van der Waals surface area (Å²) >= 11 is 0. The van der Waals surface area contributed by atoms with Crippen LogP contribution in [-0.4, -0.2) is 38.5 Å². The Bertz CT molecular complexity index is 560. The van der Waals surface area contributed by atoms with Gasteiger partial charge in [0.25, 0.3) is 0 Å². The molecule has 0 aromatic carbocycles. The number of ether oxygens (including phenoxy) is 2. The number of esters is 1. The zero-order chi connectivity index (χ0) is 14.7. The van der Waals surface area contributed by atoms with E-state index >= 15 is 0 Å². The van der Waals surface area contributed by atoms with Crippen molar-refractivity contribution in [2.24, 2.45) is 17.8 Å². The monoisotopic (exact) mass is 312 g/mol. The summed E-state index contributed by atoms with van der Waals surface area (Å²) in [5.41, 5.74) is 0. The molecule has 0 N–H and O–H groups in total. The molecule has 0 spiro atoms. The average molecular weight is 312 g/mol. The predicted molar refractivity (Wildman–Crippen MR) is 55.9 cm³/mol. The van der Waals surface area contributed by atoms with Crippen molar-refractivity contribution < 1.29 is 40.4 Å². The first-order valence-corrected chi connectivity index (χ1v) is 7.39. The van der Waals surface area contributed by atoms with Crippen molar-refractivity contribution in [1.82, 2.24) is 0 Å². The summed E-state index contributed by atoms with van der Waals surface area (Å²) in [6.07, 6.45) is -2.07. The van der Waals surface area contributed by atoms with Gasteiger partial charge in [0, 0.05) is 11.8 Å². The fourth-order valence-corrected chi connectivity index (χ4v) is 3.63. The van der Waals surface area contributed by atoms with Crippen molar-refractivity contribution in [1.29, 1.82) is 0 Å². The minimum atomic E-state index is -5.29. The van der Waals surface area contributed by atoms with Crippen LogP contribution in [0.5, 0.6) is 0 Å². The van der Waals surface area contributed by atoms with E-state index in [1.165, 1.54) is 0 Å². The number of fused-ring (bicyclic) bond motifs is 1. The Morgan fingerprint density at radius 3 is 2.70 bits per heavy atom. The second-order valence-electron chi connectivity index (χ2n) is 5.07. The summed E-state index contributed by atoms with van der Waals surface area (Å²) in [5, 5.41) is 0. The maximum Gasteiger partial charge on any atom is 0.524 e. The van der Waals surface area contributed by atoms with Crippen molar-refractivity contribution in [2.45, 2.75) is 30.8 Å². The lowest BCUT2D eigenvalue weighted by Crippen LogP contribution is -2.37. The van der Waals surface area contributed by atoms with Gasteiger partial charge in [-0.2, -0.15) is 17.2 Å². The van der Waals surface area contributed by atoms with E-state index in [-0.39, 0.29) is 23.7 Å². The Kier molecular flexibility index (Phi) is 2.89. The summed E-state index contributed by atoms with van der Waals surface area (Å²) in [6, 6.07) is 0. The van der Waals surface area contributed by atoms with Crippen LogP contribution in [-0.2, 0) is 28.6 Å². The molecular formula is C10H10F2O7S. The summed E-state index contributed by atoms with van der Waals surface area (Å²) < 4.78 is 59.0. The van der Waals surface area contributed by atoms with Crippen LogP contribution in [0.2, 0.25) is 0 Å². The second kappa shape index (κ2) is 4.27.